The van der Waals surface area contributed by atoms with E-state index in [9.17, 15) is 19.8 Å². The predicted octanol–water partition coefficient (Wildman–Crippen LogP) is -8.17. The second-order valence-electron chi connectivity index (χ2n) is 1.82. The first-order chi connectivity index (χ1) is 4.46. The van der Waals surface area contributed by atoms with Crippen LogP contribution >= 0.6 is 0 Å². The van der Waals surface area contributed by atoms with Crippen molar-refractivity contribution < 1.29 is 78.9 Å². The van der Waals surface area contributed by atoms with E-state index in [1.807, 2.05) is 0 Å². The fraction of sp³-hybridized carbons (Fsp3) is 0.333. The van der Waals surface area contributed by atoms with Crippen molar-refractivity contribution in [2.75, 3.05) is 0 Å². The summed E-state index contributed by atoms with van der Waals surface area (Å²) in [6, 6.07) is 0. The number of hydrogen-bond donors (Lipinski definition) is 0. The van der Waals surface area contributed by atoms with Gasteiger partial charge in [0.1, 0.15) is 0 Å². The molecule has 0 unspecified atom stereocenters. The zero-order chi connectivity index (χ0) is 8.31. The van der Waals surface area contributed by atoms with Crippen molar-refractivity contribution in [1.29, 1.82) is 0 Å². The molecule has 0 saturated heterocycles. The summed E-state index contributed by atoms with van der Waals surface area (Å²) < 4.78 is 0. The first kappa shape index (κ1) is 18.5. The van der Waals surface area contributed by atoms with Crippen molar-refractivity contribution >= 4 is 11.9 Å². The van der Waals surface area contributed by atoms with E-state index in [0.29, 0.717) is 0 Å². The molecule has 0 aromatic heterocycles. The van der Waals surface area contributed by atoms with E-state index in [2.05, 4.69) is 0 Å². The SMILES string of the molecule is CC(C(=O)[O-])=C(C)C(=O)[O-].[Na+].[Na+]. The Morgan fingerprint density at radius 2 is 1.00 bits per heavy atom. The molecule has 0 heterocycles. The molecule has 56 valence electrons. The fourth-order valence-electron chi connectivity index (χ4n) is 0.306. The van der Waals surface area contributed by atoms with Gasteiger partial charge < -0.3 is 19.8 Å². The first-order valence-corrected chi connectivity index (χ1v) is 2.57. The van der Waals surface area contributed by atoms with Crippen molar-refractivity contribution in [3.05, 3.63) is 11.1 Å². The van der Waals surface area contributed by atoms with Crippen LogP contribution in [-0.4, -0.2) is 11.9 Å². The van der Waals surface area contributed by atoms with E-state index in [1.165, 1.54) is 0 Å². The van der Waals surface area contributed by atoms with E-state index >= 15 is 0 Å². The maximum absolute atomic E-state index is 9.99. The molecule has 4 nitrogen and oxygen atoms in total. The van der Waals surface area contributed by atoms with Crippen LogP contribution in [0.2, 0.25) is 0 Å². The van der Waals surface area contributed by atoms with Crippen molar-refractivity contribution in [1.82, 2.24) is 0 Å². The molecule has 0 spiro atoms. The van der Waals surface area contributed by atoms with Gasteiger partial charge in [-0.05, 0) is 25.0 Å². The summed E-state index contributed by atoms with van der Waals surface area (Å²) in [4.78, 5) is 20.0. The molecule has 12 heavy (non-hydrogen) atoms. The molecule has 6 heteroatoms. The van der Waals surface area contributed by atoms with Crippen LogP contribution in [0.1, 0.15) is 13.8 Å². The minimum atomic E-state index is -1.48. The molecule has 0 N–H and O–H groups in total. The molecule has 0 fully saturated rings. The van der Waals surface area contributed by atoms with Gasteiger partial charge in [0, 0.05) is 0 Å². The number of hydrogen-bond acceptors (Lipinski definition) is 4. The minimum Gasteiger partial charge on any atom is -0.545 e. The number of carboxylic acid groups (broad SMARTS) is 2. The summed E-state index contributed by atoms with van der Waals surface area (Å²) in [5.41, 5.74) is -0.611. The van der Waals surface area contributed by atoms with E-state index in [1.54, 1.807) is 0 Å². The Morgan fingerprint density at radius 1 is 0.833 bits per heavy atom. The van der Waals surface area contributed by atoms with Crippen LogP contribution in [-0.2, 0) is 9.59 Å². The summed E-state index contributed by atoms with van der Waals surface area (Å²) in [5, 5.41) is 20.0. The van der Waals surface area contributed by atoms with E-state index in [0.717, 1.165) is 13.8 Å². The Hall–Kier alpha value is 0.680. The molecule has 0 aromatic carbocycles. The first-order valence-electron chi connectivity index (χ1n) is 2.57. The standard InChI is InChI=1S/C6H8O4.2Na/c1-3(5(7)8)4(2)6(9)10;;/h1-2H3,(H,7,8)(H,9,10);;/q;2*+1/p-2. The van der Waals surface area contributed by atoms with Crippen molar-refractivity contribution in [2.24, 2.45) is 0 Å². The van der Waals surface area contributed by atoms with Crippen LogP contribution in [0.5, 0.6) is 0 Å². The molecule has 0 aliphatic rings. The average molecular weight is 188 g/mol. The molecule has 0 aliphatic heterocycles. The third-order valence-corrected chi connectivity index (χ3v) is 1.17. The Kier molecular flexibility index (Phi) is 12.7. The summed E-state index contributed by atoms with van der Waals surface area (Å²) in [6.07, 6.45) is 0. The molecule has 0 aromatic rings. The van der Waals surface area contributed by atoms with Gasteiger partial charge in [0.15, 0.2) is 0 Å². The third kappa shape index (κ3) is 6.22. The molecule has 0 amide bonds. The maximum atomic E-state index is 9.99. The Bertz CT molecular complexity index is 188. The number of carbonyl (C=O) groups is 2. The maximum Gasteiger partial charge on any atom is 1.00 e. The van der Waals surface area contributed by atoms with Crippen LogP contribution in [0, 0.1) is 0 Å². The zero-order valence-corrected chi connectivity index (χ0v) is 11.6. The van der Waals surface area contributed by atoms with Gasteiger partial charge in [-0.1, -0.05) is 0 Å². The van der Waals surface area contributed by atoms with Crippen molar-refractivity contribution in [3.63, 3.8) is 0 Å². The summed E-state index contributed by atoms with van der Waals surface area (Å²) >= 11 is 0. The smallest absolute Gasteiger partial charge is 0.545 e. The average Bonchev–Trinajstić information content (AvgIpc) is 1.84. The quantitative estimate of drug-likeness (QED) is 0.318. The third-order valence-electron chi connectivity index (χ3n) is 1.17. The van der Waals surface area contributed by atoms with E-state index in [-0.39, 0.29) is 70.3 Å². The number of carboxylic acids is 2. The number of rotatable bonds is 2. The zero-order valence-electron chi connectivity index (χ0n) is 7.63. The molecular formula is C6H6Na2O4. The molecule has 0 saturated carbocycles. The van der Waals surface area contributed by atoms with Crippen molar-refractivity contribution in [3.8, 4) is 0 Å². The van der Waals surface area contributed by atoms with Crippen LogP contribution in [0.4, 0.5) is 0 Å². The molecular weight excluding hydrogens is 182 g/mol. The predicted molar refractivity (Wildman–Crippen MR) is 28.4 cm³/mol. The van der Waals surface area contributed by atoms with Gasteiger partial charge in [-0.15, -0.1) is 0 Å². The van der Waals surface area contributed by atoms with Gasteiger partial charge in [-0.25, -0.2) is 0 Å². The minimum absolute atomic E-state index is 0. The van der Waals surface area contributed by atoms with Gasteiger partial charge in [-0.2, -0.15) is 0 Å². The van der Waals surface area contributed by atoms with E-state index in [4.69, 9.17) is 0 Å². The molecule has 0 rings (SSSR count). The fourth-order valence-corrected chi connectivity index (χ4v) is 0.306. The largest absolute Gasteiger partial charge is 1.00 e. The normalized spacial score (nSPS) is 10.2. The second-order valence-corrected chi connectivity index (χ2v) is 1.82. The van der Waals surface area contributed by atoms with Gasteiger partial charge in [0.2, 0.25) is 0 Å². The van der Waals surface area contributed by atoms with Crippen LogP contribution in [0.25, 0.3) is 0 Å². The van der Waals surface area contributed by atoms with Gasteiger partial charge in [0.25, 0.3) is 0 Å². The molecule has 0 radical (unpaired) electrons. The summed E-state index contributed by atoms with van der Waals surface area (Å²) in [7, 11) is 0. The Labute approximate surface area is 115 Å². The van der Waals surface area contributed by atoms with Crippen molar-refractivity contribution in [2.45, 2.75) is 13.8 Å². The van der Waals surface area contributed by atoms with Gasteiger partial charge in [0.05, 0.1) is 11.9 Å². The Morgan fingerprint density at radius 3 is 1.08 bits per heavy atom. The van der Waals surface area contributed by atoms with Gasteiger partial charge in [-0.3, -0.25) is 0 Å². The molecule has 0 aliphatic carbocycles. The topological polar surface area (TPSA) is 80.3 Å². The Balaban J connectivity index is -0.000000405. The summed E-state index contributed by atoms with van der Waals surface area (Å²) in [5.74, 6) is -2.97. The molecule has 0 bridgehead atoms. The van der Waals surface area contributed by atoms with E-state index < -0.39 is 11.9 Å². The van der Waals surface area contributed by atoms with Crippen LogP contribution in [0.15, 0.2) is 11.1 Å². The van der Waals surface area contributed by atoms with Crippen LogP contribution < -0.4 is 69.3 Å². The second kappa shape index (κ2) is 8.29. The number of carbonyl (C=O) groups excluding carboxylic acids is 2. The summed E-state index contributed by atoms with van der Waals surface area (Å²) in [6.45, 7) is 2.31. The van der Waals surface area contributed by atoms with Gasteiger partial charge >= 0.3 is 59.1 Å². The molecule has 0 atom stereocenters. The monoisotopic (exact) mass is 188 g/mol. The van der Waals surface area contributed by atoms with Crippen LogP contribution in [0.3, 0.4) is 0 Å². The number of aliphatic carboxylic acids is 2.